The Hall–Kier alpha value is -2.27. The highest BCUT2D eigenvalue weighted by Gasteiger charge is 1.98. The molecule has 0 fully saturated rings. The lowest BCUT2D eigenvalue weighted by molar-refractivity contribution is 0.414. The van der Waals surface area contributed by atoms with Gasteiger partial charge >= 0.3 is 0 Å². The lowest BCUT2D eigenvalue weighted by Crippen LogP contribution is -2.11. The van der Waals surface area contributed by atoms with Crippen LogP contribution < -0.4 is 21.3 Å². The summed E-state index contributed by atoms with van der Waals surface area (Å²) < 4.78 is 5.19. The first kappa shape index (κ1) is 13.2. The van der Waals surface area contributed by atoms with Crippen LogP contribution in [0, 0.1) is 0 Å². The summed E-state index contributed by atoms with van der Waals surface area (Å²) in [5, 5.41) is 3.26. The molecule has 2 aromatic rings. The number of pyridine rings is 1. The van der Waals surface area contributed by atoms with Gasteiger partial charge in [-0.25, -0.2) is 10.8 Å². The van der Waals surface area contributed by atoms with Crippen LogP contribution in [0.4, 0.5) is 11.6 Å². The highest BCUT2D eigenvalue weighted by molar-refractivity contribution is 5.44. The van der Waals surface area contributed by atoms with Crippen molar-refractivity contribution in [3.63, 3.8) is 0 Å². The van der Waals surface area contributed by atoms with Gasteiger partial charge in [-0.2, -0.15) is 0 Å². The molecule has 5 nitrogen and oxygen atoms in total. The van der Waals surface area contributed by atoms with Crippen molar-refractivity contribution in [3.8, 4) is 5.75 Å². The maximum Gasteiger partial charge on any atom is 0.142 e. The molecule has 100 valence electrons. The van der Waals surface area contributed by atoms with Crippen molar-refractivity contribution in [1.82, 2.24) is 4.98 Å². The molecule has 2 rings (SSSR count). The Balaban J connectivity index is 1.88. The Morgan fingerprint density at radius 1 is 1.16 bits per heavy atom. The number of anilines is 2. The van der Waals surface area contributed by atoms with Crippen molar-refractivity contribution >= 4 is 11.6 Å². The monoisotopic (exact) mass is 258 g/mol. The SMILES string of the molecule is COc1cccc(CCNc2cccc(NN)n2)c1. The quantitative estimate of drug-likeness (QED) is 0.546. The summed E-state index contributed by atoms with van der Waals surface area (Å²) in [7, 11) is 1.67. The Kier molecular flexibility index (Phi) is 4.58. The number of nitrogens with one attached hydrogen (secondary N) is 2. The molecule has 0 aliphatic rings. The van der Waals surface area contributed by atoms with Crippen molar-refractivity contribution in [3.05, 3.63) is 48.0 Å². The van der Waals surface area contributed by atoms with Gasteiger partial charge in [-0.1, -0.05) is 18.2 Å². The minimum absolute atomic E-state index is 0.645. The van der Waals surface area contributed by atoms with E-state index in [1.54, 1.807) is 7.11 Å². The van der Waals surface area contributed by atoms with Crippen LogP contribution in [0.25, 0.3) is 0 Å². The normalized spacial score (nSPS) is 10.0. The number of nitrogens with two attached hydrogens (primary N) is 1. The molecule has 0 aliphatic heterocycles. The summed E-state index contributed by atoms with van der Waals surface area (Å²) in [6.45, 7) is 0.800. The van der Waals surface area contributed by atoms with Crippen LogP contribution in [0.1, 0.15) is 5.56 Å². The van der Waals surface area contributed by atoms with Gasteiger partial charge in [0.1, 0.15) is 17.4 Å². The van der Waals surface area contributed by atoms with E-state index in [9.17, 15) is 0 Å². The number of benzene rings is 1. The van der Waals surface area contributed by atoms with E-state index < -0.39 is 0 Å². The van der Waals surface area contributed by atoms with Crippen molar-refractivity contribution in [2.24, 2.45) is 5.84 Å². The standard InChI is InChI=1S/C14H18N4O/c1-19-12-5-2-4-11(10-12)8-9-16-13-6-3-7-14(17-13)18-15/h2-7,10H,8-9,15H2,1H3,(H2,16,17,18). The van der Waals surface area contributed by atoms with Gasteiger partial charge < -0.3 is 15.5 Å². The van der Waals surface area contributed by atoms with Crippen LogP contribution >= 0.6 is 0 Å². The molecule has 0 unspecified atom stereocenters. The summed E-state index contributed by atoms with van der Waals surface area (Å²) in [5.41, 5.74) is 3.75. The average Bonchev–Trinajstić information content (AvgIpc) is 2.48. The van der Waals surface area contributed by atoms with Crippen LogP contribution in [0.15, 0.2) is 42.5 Å². The second-order valence-corrected chi connectivity index (χ2v) is 4.08. The molecular formula is C14H18N4O. The molecule has 0 bridgehead atoms. The van der Waals surface area contributed by atoms with Gasteiger partial charge in [-0.05, 0) is 36.2 Å². The first-order chi connectivity index (χ1) is 9.31. The summed E-state index contributed by atoms with van der Waals surface area (Å²) in [5.74, 6) is 7.64. The molecule has 0 atom stereocenters. The number of ether oxygens (including phenoxy) is 1. The number of aromatic nitrogens is 1. The fourth-order valence-electron chi connectivity index (χ4n) is 1.78. The first-order valence-corrected chi connectivity index (χ1v) is 6.12. The minimum atomic E-state index is 0.645. The van der Waals surface area contributed by atoms with Crippen molar-refractivity contribution in [1.29, 1.82) is 0 Å². The van der Waals surface area contributed by atoms with E-state index in [1.807, 2.05) is 36.4 Å². The number of hydrogen-bond donors (Lipinski definition) is 3. The summed E-state index contributed by atoms with van der Waals surface area (Å²) in [4.78, 5) is 4.28. The summed E-state index contributed by atoms with van der Waals surface area (Å²) >= 11 is 0. The molecular weight excluding hydrogens is 240 g/mol. The van der Waals surface area contributed by atoms with E-state index in [2.05, 4.69) is 21.8 Å². The summed E-state index contributed by atoms with van der Waals surface area (Å²) in [6, 6.07) is 13.7. The number of nitrogens with zero attached hydrogens (tertiary/aromatic N) is 1. The second-order valence-electron chi connectivity index (χ2n) is 4.08. The fraction of sp³-hybridized carbons (Fsp3) is 0.214. The topological polar surface area (TPSA) is 72.2 Å². The Bertz CT molecular complexity index is 483. The third-order valence-electron chi connectivity index (χ3n) is 2.75. The lowest BCUT2D eigenvalue weighted by Gasteiger charge is -2.08. The Morgan fingerprint density at radius 2 is 1.95 bits per heavy atom. The van der Waals surface area contributed by atoms with Gasteiger partial charge in [-0.3, -0.25) is 0 Å². The molecule has 1 heterocycles. The van der Waals surface area contributed by atoms with Gasteiger partial charge in [0.15, 0.2) is 0 Å². The Morgan fingerprint density at radius 3 is 2.74 bits per heavy atom. The largest absolute Gasteiger partial charge is 0.497 e. The van der Waals surface area contributed by atoms with Crippen LogP contribution in [0.3, 0.4) is 0 Å². The highest BCUT2D eigenvalue weighted by atomic mass is 16.5. The predicted molar refractivity (Wildman–Crippen MR) is 77.2 cm³/mol. The average molecular weight is 258 g/mol. The number of rotatable bonds is 6. The second kappa shape index (κ2) is 6.61. The smallest absolute Gasteiger partial charge is 0.142 e. The molecule has 4 N–H and O–H groups in total. The maximum absolute atomic E-state index is 5.32. The van der Waals surface area contributed by atoms with E-state index in [0.717, 1.165) is 24.5 Å². The van der Waals surface area contributed by atoms with E-state index in [-0.39, 0.29) is 0 Å². The zero-order valence-corrected chi connectivity index (χ0v) is 10.9. The number of hydrogen-bond acceptors (Lipinski definition) is 5. The molecule has 0 radical (unpaired) electrons. The molecule has 0 aliphatic carbocycles. The fourth-order valence-corrected chi connectivity index (χ4v) is 1.78. The van der Waals surface area contributed by atoms with Crippen LogP contribution in [-0.4, -0.2) is 18.6 Å². The third-order valence-corrected chi connectivity index (χ3v) is 2.75. The number of hydrazine groups is 1. The van der Waals surface area contributed by atoms with Gasteiger partial charge in [0.25, 0.3) is 0 Å². The first-order valence-electron chi connectivity index (χ1n) is 6.12. The molecule has 1 aromatic carbocycles. The minimum Gasteiger partial charge on any atom is -0.497 e. The summed E-state index contributed by atoms with van der Waals surface area (Å²) in [6.07, 6.45) is 0.902. The van der Waals surface area contributed by atoms with Gasteiger partial charge in [0, 0.05) is 6.54 Å². The molecule has 1 aromatic heterocycles. The van der Waals surface area contributed by atoms with E-state index in [0.29, 0.717) is 5.82 Å². The molecule has 0 saturated heterocycles. The van der Waals surface area contributed by atoms with Crippen LogP contribution in [-0.2, 0) is 6.42 Å². The Labute approximate surface area is 112 Å². The van der Waals surface area contributed by atoms with E-state index in [4.69, 9.17) is 10.6 Å². The van der Waals surface area contributed by atoms with Gasteiger partial charge in [0.05, 0.1) is 7.11 Å². The predicted octanol–water partition coefficient (Wildman–Crippen LogP) is 2.03. The number of nitrogen functional groups attached to an aromatic ring is 1. The molecule has 0 amide bonds. The lowest BCUT2D eigenvalue weighted by atomic mass is 10.1. The highest BCUT2D eigenvalue weighted by Crippen LogP contribution is 2.13. The zero-order chi connectivity index (χ0) is 13.5. The molecule has 0 spiro atoms. The van der Waals surface area contributed by atoms with E-state index in [1.165, 1.54) is 5.56 Å². The van der Waals surface area contributed by atoms with Crippen molar-refractivity contribution in [2.75, 3.05) is 24.4 Å². The molecule has 19 heavy (non-hydrogen) atoms. The van der Waals surface area contributed by atoms with Crippen LogP contribution in [0.2, 0.25) is 0 Å². The molecule has 5 heteroatoms. The third kappa shape index (κ3) is 3.86. The van der Waals surface area contributed by atoms with Gasteiger partial charge in [-0.15, -0.1) is 0 Å². The van der Waals surface area contributed by atoms with E-state index >= 15 is 0 Å². The van der Waals surface area contributed by atoms with Crippen molar-refractivity contribution < 1.29 is 4.74 Å². The zero-order valence-electron chi connectivity index (χ0n) is 10.9. The van der Waals surface area contributed by atoms with Gasteiger partial charge in [0.2, 0.25) is 0 Å². The molecule has 0 saturated carbocycles. The van der Waals surface area contributed by atoms with Crippen molar-refractivity contribution in [2.45, 2.75) is 6.42 Å². The number of methoxy groups -OCH3 is 1. The maximum atomic E-state index is 5.32. The van der Waals surface area contributed by atoms with Crippen LogP contribution in [0.5, 0.6) is 5.75 Å².